The Morgan fingerprint density at radius 2 is 2.18 bits per heavy atom. The molecule has 0 bridgehead atoms. The topological polar surface area (TPSA) is 73.3 Å². The highest BCUT2D eigenvalue weighted by atomic mass is 16.3. The summed E-state index contributed by atoms with van der Waals surface area (Å²) in [6.45, 7) is 4.49. The Hall–Kier alpha value is -1.55. The monoisotopic (exact) mass is 235 g/mol. The zero-order valence-corrected chi connectivity index (χ0v) is 10.7. The maximum Gasteiger partial charge on any atom is 0.124 e. The number of nitrogens with two attached hydrogens (primary N) is 1. The van der Waals surface area contributed by atoms with Gasteiger partial charge in [0.15, 0.2) is 0 Å². The molecule has 0 saturated carbocycles. The highest BCUT2D eigenvalue weighted by molar-refractivity contribution is 6.00. The highest BCUT2D eigenvalue weighted by Gasteiger charge is 2.10. The standard InChI is InChI=1S/C13H21N3O/c1-9-4-5-12(11(8-9)13(14)15)16(3)7-6-10(2)17/h4-5,8,10,17H,6-7H2,1-3H3,(H3,14,15). The van der Waals surface area contributed by atoms with E-state index in [4.69, 9.17) is 11.1 Å². The first-order valence-electron chi connectivity index (χ1n) is 5.76. The summed E-state index contributed by atoms with van der Waals surface area (Å²) in [5.41, 5.74) is 8.35. The van der Waals surface area contributed by atoms with E-state index in [1.807, 2.05) is 37.1 Å². The molecule has 1 atom stereocenters. The Morgan fingerprint density at radius 3 is 2.71 bits per heavy atom. The van der Waals surface area contributed by atoms with Gasteiger partial charge in [0.05, 0.1) is 6.10 Å². The number of rotatable bonds is 5. The number of nitrogen functional groups attached to an aromatic ring is 1. The molecule has 0 amide bonds. The maximum absolute atomic E-state index is 9.28. The number of nitrogens with one attached hydrogen (secondary N) is 1. The number of benzene rings is 1. The zero-order valence-electron chi connectivity index (χ0n) is 10.7. The van der Waals surface area contributed by atoms with Crippen molar-refractivity contribution >= 4 is 11.5 Å². The van der Waals surface area contributed by atoms with Crippen LogP contribution in [0.5, 0.6) is 0 Å². The third-order valence-corrected chi connectivity index (χ3v) is 2.74. The van der Waals surface area contributed by atoms with Crippen molar-refractivity contribution in [1.82, 2.24) is 0 Å². The zero-order chi connectivity index (χ0) is 13.0. The number of hydrogen-bond donors (Lipinski definition) is 3. The minimum atomic E-state index is -0.316. The lowest BCUT2D eigenvalue weighted by atomic mass is 10.1. The second kappa shape index (κ2) is 5.68. The van der Waals surface area contributed by atoms with Crippen LogP contribution in [0.3, 0.4) is 0 Å². The predicted molar refractivity (Wildman–Crippen MR) is 71.8 cm³/mol. The average Bonchev–Trinajstić information content (AvgIpc) is 2.25. The molecule has 1 rings (SSSR count). The average molecular weight is 235 g/mol. The Morgan fingerprint density at radius 1 is 1.53 bits per heavy atom. The molecule has 4 N–H and O–H groups in total. The molecule has 4 nitrogen and oxygen atoms in total. The van der Waals surface area contributed by atoms with Crippen molar-refractivity contribution in [2.24, 2.45) is 5.73 Å². The van der Waals surface area contributed by atoms with E-state index in [1.165, 1.54) is 0 Å². The van der Waals surface area contributed by atoms with Crippen LogP contribution in [-0.2, 0) is 0 Å². The van der Waals surface area contributed by atoms with Crippen molar-refractivity contribution in [3.05, 3.63) is 29.3 Å². The van der Waals surface area contributed by atoms with Crippen molar-refractivity contribution in [3.8, 4) is 0 Å². The van der Waals surface area contributed by atoms with Gasteiger partial charge in [-0.3, -0.25) is 5.41 Å². The van der Waals surface area contributed by atoms with Gasteiger partial charge >= 0.3 is 0 Å². The van der Waals surface area contributed by atoms with Gasteiger partial charge < -0.3 is 15.7 Å². The fourth-order valence-electron chi connectivity index (χ4n) is 1.70. The third kappa shape index (κ3) is 3.75. The minimum absolute atomic E-state index is 0.0765. The lowest BCUT2D eigenvalue weighted by Gasteiger charge is -2.23. The van der Waals surface area contributed by atoms with Crippen LogP contribution in [0.4, 0.5) is 5.69 Å². The number of amidine groups is 1. The molecule has 94 valence electrons. The van der Waals surface area contributed by atoms with Crippen molar-refractivity contribution in [1.29, 1.82) is 5.41 Å². The van der Waals surface area contributed by atoms with Crippen molar-refractivity contribution in [3.63, 3.8) is 0 Å². The summed E-state index contributed by atoms with van der Waals surface area (Å²) in [5, 5.41) is 16.9. The molecule has 1 unspecified atom stereocenters. The van der Waals surface area contributed by atoms with Crippen LogP contribution in [0.15, 0.2) is 18.2 Å². The fourth-order valence-corrected chi connectivity index (χ4v) is 1.70. The van der Waals surface area contributed by atoms with E-state index >= 15 is 0 Å². The molecule has 0 aliphatic rings. The van der Waals surface area contributed by atoms with Gasteiger partial charge in [-0.1, -0.05) is 11.6 Å². The fraction of sp³-hybridized carbons (Fsp3) is 0.462. The van der Waals surface area contributed by atoms with Crippen LogP contribution in [0.25, 0.3) is 0 Å². The molecule has 0 fully saturated rings. The van der Waals surface area contributed by atoms with Gasteiger partial charge in [-0.2, -0.15) is 0 Å². The van der Waals surface area contributed by atoms with Crippen LogP contribution in [0, 0.1) is 12.3 Å². The number of nitrogens with zero attached hydrogens (tertiary/aromatic N) is 1. The molecule has 0 aliphatic carbocycles. The van der Waals surface area contributed by atoms with Gasteiger partial charge in [-0.25, -0.2) is 0 Å². The van der Waals surface area contributed by atoms with E-state index in [-0.39, 0.29) is 11.9 Å². The molecular formula is C13H21N3O. The van der Waals surface area contributed by atoms with E-state index in [0.29, 0.717) is 6.42 Å². The van der Waals surface area contributed by atoms with Crippen LogP contribution in [0.2, 0.25) is 0 Å². The second-order valence-corrected chi connectivity index (χ2v) is 4.49. The molecule has 1 aromatic carbocycles. The SMILES string of the molecule is Cc1ccc(N(C)CCC(C)O)c(C(=N)N)c1. The summed E-state index contributed by atoms with van der Waals surface area (Å²) < 4.78 is 0. The molecule has 1 aromatic rings. The van der Waals surface area contributed by atoms with Gasteiger partial charge in [0.25, 0.3) is 0 Å². The first-order chi connectivity index (χ1) is 7.91. The summed E-state index contributed by atoms with van der Waals surface area (Å²) in [5.74, 6) is 0.0765. The number of aliphatic hydroxyl groups excluding tert-OH is 1. The van der Waals surface area contributed by atoms with E-state index in [0.717, 1.165) is 23.4 Å². The highest BCUT2D eigenvalue weighted by Crippen LogP contribution is 2.20. The Kier molecular flexibility index (Phi) is 4.52. The first-order valence-corrected chi connectivity index (χ1v) is 5.76. The Bertz CT molecular complexity index is 402. The van der Waals surface area contributed by atoms with Crippen LogP contribution in [0.1, 0.15) is 24.5 Å². The van der Waals surface area contributed by atoms with Gasteiger partial charge in [-0.05, 0) is 32.4 Å². The van der Waals surface area contributed by atoms with E-state index in [1.54, 1.807) is 6.92 Å². The molecule has 0 heterocycles. The Labute approximate surface area is 103 Å². The smallest absolute Gasteiger partial charge is 0.124 e. The van der Waals surface area contributed by atoms with Crippen LogP contribution in [-0.4, -0.2) is 30.6 Å². The second-order valence-electron chi connectivity index (χ2n) is 4.49. The molecule has 4 heteroatoms. The maximum atomic E-state index is 9.28. The molecule has 0 saturated heterocycles. The van der Waals surface area contributed by atoms with Crippen LogP contribution >= 0.6 is 0 Å². The number of hydrogen-bond acceptors (Lipinski definition) is 3. The lowest BCUT2D eigenvalue weighted by Crippen LogP contribution is -2.25. The van der Waals surface area contributed by atoms with Crippen molar-refractivity contribution < 1.29 is 5.11 Å². The van der Waals surface area contributed by atoms with Gasteiger partial charge in [0.1, 0.15) is 5.84 Å². The summed E-state index contributed by atoms with van der Waals surface area (Å²) in [6, 6.07) is 5.88. The molecule has 0 radical (unpaired) electrons. The summed E-state index contributed by atoms with van der Waals surface area (Å²) in [4.78, 5) is 2.02. The molecule has 17 heavy (non-hydrogen) atoms. The number of aryl methyl sites for hydroxylation is 1. The van der Waals surface area contributed by atoms with E-state index in [9.17, 15) is 5.11 Å². The molecular weight excluding hydrogens is 214 g/mol. The largest absolute Gasteiger partial charge is 0.393 e. The van der Waals surface area contributed by atoms with Gasteiger partial charge in [0.2, 0.25) is 0 Å². The molecule has 0 aromatic heterocycles. The van der Waals surface area contributed by atoms with E-state index in [2.05, 4.69) is 0 Å². The van der Waals surface area contributed by atoms with Crippen molar-refractivity contribution in [2.45, 2.75) is 26.4 Å². The summed E-state index contributed by atoms with van der Waals surface area (Å²) >= 11 is 0. The Balaban J connectivity index is 2.92. The normalized spacial score (nSPS) is 12.2. The lowest BCUT2D eigenvalue weighted by molar-refractivity contribution is 0.187. The quantitative estimate of drug-likeness (QED) is 0.534. The molecule has 0 spiro atoms. The van der Waals surface area contributed by atoms with E-state index < -0.39 is 0 Å². The minimum Gasteiger partial charge on any atom is -0.393 e. The number of anilines is 1. The van der Waals surface area contributed by atoms with Gasteiger partial charge in [-0.15, -0.1) is 0 Å². The van der Waals surface area contributed by atoms with Crippen molar-refractivity contribution in [2.75, 3.05) is 18.5 Å². The first kappa shape index (κ1) is 13.5. The summed E-state index contributed by atoms with van der Waals surface area (Å²) in [7, 11) is 1.94. The summed E-state index contributed by atoms with van der Waals surface area (Å²) in [6.07, 6.45) is 0.380. The number of aliphatic hydroxyl groups is 1. The third-order valence-electron chi connectivity index (χ3n) is 2.74. The van der Waals surface area contributed by atoms with Gasteiger partial charge in [0, 0.05) is 24.8 Å². The predicted octanol–water partition coefficient (Wildman–Crippen LogP) is 1.49. The van der Waals surface area contributed by atoms with Crippen LogP contribution < -0.4 is 10.6 Å². The molecule has 0 aliphatic heterocycles.